The van der Waals surface area contributed by atoms with E-state index in [1.807, 2.05) is 37.7 Å². The van der Waals surface area contributed by atoms with E-state index >= 15 is 0 Å². The first-order valence-electron chi connectivity index (χ1n) is 9.71. The standard InChI is InChI=1S/C20H22N6O2S/c1-21-16(13-2-3-13)6-8-26-12-24-18-19(22-11-23-20(18)26)25-29-15-4-5-17-14(10-15)7-9-27-28-17/h4-5,7,9-13,16,21H,2-3,6,8H2,1H3,(H,22,23,25). The average Bonchev–Trinajstić information content (AvgIpc) is 3.52. The predicted molar refractivity (Wildman–Crippen MR) is 112 cm³/mol. The zero-order chi connectivity index (χ0) is 19.6. The van der Waals surface area contributed by atoms with E-state index in [1.54, 1.807) is 6.33 Å². The van der Waals surface area contributed by atoms with Gasteiger partial charge in [0.1, 0.15) is 12.6 Å². The van der Waals surface area contributed by atoms with Gasteiger partial charge in [0.2, 0.25) is 0 Å². The minimum atomic E-state index is 0.565. The molecule has 2 aliphatic rings. The highest BCUT2D eigenvalue weighted by atomic mass is 32.2. The Morgan fingerprint density at radius 3 is 3.07 bits per heavy atom. The van der Waals surface area contributed by atoms with Gasteiger partial charge >= 0.3 is 0 Å². The maximum absolute atomic E-state index is 5.11. The highest BCUT2D eigenvalue weighted by molar-refractivity contribution is 8.00. The van der Waals surface area contributed by atoms with Crippen molar-refractivity contribution in [1.82, 2.24) is 24.8 Å². The number of hydrogen-bond donors (Lipinski definition) is 2. The van der Waals surface area contributed by atoms with Gasteiger partial charge in [-0.25, -0.2) is 15.0 Å². The van der Waals surface area contributed by atoms with Crippen LogP contribution in [0.4, 0.5) is 5.82 Å². The fraction of sp³-hybridized carbons (Fsp3) is 0.350. The van der Waals surface area contributed by atoms with E-state index in [9.17, 15) is 0 Å². The lowest BCUT2D eigenvalue weighted by molar-refractivity contribution is -0.151. The van der Waals surface area contributed by atoms with E-state index in [2.05, 4.69) is 29.6 Å². The highest BCUT2D eigenvalue weighted by Crippen LogP contribution is 2.34. The molecule has 5 rings (SSSR count). The maximum Gasteiger partial charge on any atom is 0.185 e. The fourth-order valence-corrected chi connectivity index (χ4v) is 4.28. The molecule has 0 saturated heterocycles. The van der Waals surface area contributed by atoms with Crippen LogP contribution in [0.2, 0.25) is 0 Å². The zero-order valence-corrected chi connectivity index (χ0v) is 16.9. The summed E-state index contributed by atoms with van der Waals surface area (Å²) < 4.78 is 5.42. The number of fused-ring (bicyclic) bond motifs is 2. The van der Waals surface area contributed by atoms with Gasteiger partial charge in [0.15, 0.2) is 22.7 Å². The average molecular weight is 411 g/mol. The second kappa shape index (κ2) is 7.92. The van der Waals surface area contributed by atoms with Gasteiger partial charge < -0.3 is 14.6 Å². The molecule has 1 saturated carbocycles. The number of anilines is 1. The molecule has 3 heterocycles. The molecule has 2 aromatic heterocycles. The molecule has 8 nitrogen and oxygen atoms in total. The van der Waals surface area contributed by atoms with Crippen LogP contribution in [0.15, 0.2) is 42.0 Å². The monoisotopic (exact) mass is 410 g/mol. The Morgan fingerprint density at radius 2 is 2.21 bits per heavy atom. The molecule has 0 radical (unpaired) electrons. The van der Waals surface area contributed by atoms with Gasteiger partial charge in [-0.15, -0.1) is 0 Å². The lowest BCUT2D eigenvalue weighted by Crippen LogP contribution is -2.28. The largest absolute Gasteiger partial charge is 0.317 e. The van der Waals surface area contributed by atoms with Gasteiger partial charge in [0.05, 0.1) is 6.33 Å². The molecule has 1 aliphatic carbocycles. The third-order valence-electron chi connectivity index (χ3n) is 5.33. The molecule has 150 valence electrons. The van der Waals surface area contributed by atoms with Crippen molar-refractivity contribution in [3.05, 3.63) is 42.7 Å². The highest BCUT2D eigenvalue weighted by Gasteiger charge is 2.29. The van der Waals surface area contributed by atoms with Crippen LogP contribution in [-0.2, 0) is 11.4 Å². The van der Waals surface area contributed by atoms with Crippen molar-refractivity contribution < 1.29 is 9.78 Å². The quantitative estimate of drug-likeness (QED) is 0.430. The zero-order valence-electron chi connectivity index (χ0n) is 16.0. The lowest BCUT2D eigenvalue weighted by atomic mass is 10.1. The number of aromatic nitrogens is 4. The van der Waals surface area contributed by atoms with Crippen LogP contribution in [0.1, 0.15) is 24.8 Å². The lowest BCUT2D eigenvalue weighted by Gasteiger charge is -2.15. The molecular formula is C20H22N6O2S. The molecule has 0 bridgehead atoms. The van der Waals surface area contributed by atoms with E-state index in [-0.39, 0.29) is 0 Å². The molecule has 9 heteroatoms. The molecule has 3 aromatic rings. The van der Waals surface area contributed by atoms with Crippen molar-refractivity contribution in [2.45, 2.75) is 36.7 Å². The molecule has 1 unspecified atom stereocenters. The van der Waals surface area contributed by atoms with E-state index in [0.29, 0.717) is 17.6 Å². The second-order valence-corrected chi connectivity index (χ2v) is 8.12. The van der Waals surface area contributed by atoms with Crippen molar-refractivity contribution in [3.63, 3.8) is 0 Å². The Labute approximate surface area is 172 Å². The predicted octanol–water partition coefficient (Wildman–Crippen LogP) is 3.63. The molecule has 1 atom stereocenters. The first-order valence-corrected chi connectivity index (χ1v) is 10.5. The van der Waals surface area contributed by atoms with Crippen LogP contribution < -0.4 is 14.9 Å². The summed E-state index contributed by atoms with van der Waals surface area (Å²) in [6.45, 7) is 0.890. The number of imidazole rings is 1. The smallest absolute Gasteiger partial charge is 0.185 e. The van der Waals surface area contributed by atoms with Crippen molar-refractivity contribution in [3.8, 4) is 5.75 Å². The topological polar surface area (TPSA) is 86.1 Å². The van der Waals surface area contributed by atoms with E-state index in [4.69, 9.17) is 9.78 Å². The number of nitrogens with zero attached hydrogens (tertiary/aromatic N) is 4. The van der Waals surface area contributed by atoms with Gasteiger partial charge in [-0.3, -0.25) is 9.78 Å². The third-order valence-corrected chi connectivity index (χ3v) is 6.12. The van der Waals surface area contributed by atoms with Crippen molar-refractivity contribution in [2.75, 3.05) is 11.8 Å². The first-order chi connectivity index (χ1) is 14.3. The third kappa shape index (κ3) is 3.88. The fourth-order valence-electron chi connectivity index (χ4n) is 3.60. The van der Waals surface area contributed by atoms with Gasteiger partial charge in [0.25, 0.3) is 0 Å². The van der Waals surface area contributed by atoms with Crippen LogP contribution >= 0.6 is 11.9 Å². The first kappa shape index (κ1) is 18.3. The summed E-state index contributed by atoms with van der Waals surface area (Å²) >= 11 is 1.47. The van der Waals surface area contributed by atoms with Gasteiger partial charge in [0, 0.05) is 23.0 Å². The number of aryl methyl sites for hydroxylation is 1. The SMILES string of the molecule is CNC(CCn1cnc2c(NSc3ccc4c(c3)C=COO4)ncnc21)C1CC1. The van der Waals surface area contributed by atoms with Crippen molar-refractivity contribution in [1.29, 1.82) is 0 Å². The number of nitrogens with one attached hydrogen (secondary N) is 2. The number of rotatable bonds is 8. The van der Waals surface area contributed by atoms with Crippen LogP contribution in [0.3, 0.4) is 0 Å². The summed E-state index contributed by atoms with van der Waals surface area (Å²) in [5, 5.41) is 3.44. The molecule has 2 N–H and O–H groups in total. The Kier molecular flexibility index (Phi) is 4.99. The molecule has 0 amide bonds. The Balaban J connectivity index is 1.29. The second-order valence-electron chi connectivity index (χ2n) is 7.24. The molecule has 1 aliphatic heterocycles. The Morgan fingerprint density at radius 1 is 1.28 bits per heavy atom. The molecular weight excluding hydrogens is 388 g/mol. The minimum absolute atomic E-state index is 0.565. The van der Waals surface area contributed by atoms with Crippen molar-refractivity contribution >= 4 is 35.0 Å². The summed E-state index contributed by atoms with van der Waals surface area (Å²) in [7, 11) is 2.05. The molecule has 1 fully saturated rings. The number of benzene rings is 1. The molecule has 29 heavy (non-hydrogen) atoms. The van der Waals surface area contributed by atoms with E-state index < -0.39 is 0 Å². The summed E-state index contributed by atoms with van der Waals surface area (Å²) in [4.78, 5) is 24.4. The molecule has 0 spiro atoms. The van der Waals surface area contributed by atoms with E-state index in [0.717, 1.165) is 40.5 Å². The van der Waals surface area contributed by atoms with Crippen LogP contribution in [-0.4, -0.2) is 32.6 Å². The summed E-state index contributed by atoms with van der Waals surface area (Å²) in [6, 6.07) is 6.44. The number of hydrogen-bond acceptors (Lipinski definition) is 8. The van der Waals surface area contributed by atoms with Gasteiger partial charge in [-0.1, -0.05) is 0 Å². The molecule has 1 aromatic carbocycles. The normalized spacial score (nSPS) is 16.2. The Hall–Kier alpha value is -2.78. The summed E-state index contributed by atoms with van der Waals surface area (Å²) in [5.41, 5.74) is 2.60. The van der Waals surface area contributed by atoms with Crippen molar-refractivity contribution in [2.24, 2.45) is 5.92 Å². The maximum atomic E-state index is 5.11. The van der Waals surface area contributed by atoms with Crippen LogP contribution in [0, 0.1) is 5.92 Å². The van der Waals surface area contributed by atoms with Gasteiger partial charge in [-0.05, 0) is 68.5 Å². The minimum Gasteiger partial charge on any atom is -0.317 e. The van der Waals surface area contributed by atoms with Gasteiger partial charge in [-0.2, -0.15) is 0 Å². The summed E-state index contributed by atoms with van der Waals surface area (Å²) in [6.07, 6.45) is 10.6. The van der Waals surface area contributed by atoms with E-state index in [1.165, 1.54) is 31.1 Å². The van der Waals surface area contributed by atoms with Crippen LogP contribution in [0.25, 0.3) is 17.2 Å². The Bertz CT molecular complexity index is 1050. The van der Waals surface area contributed by atoms with Crippen LogP contribution in [0.5, 0.6) is 5.75 Å². The summed E-state index contributed by atoms with van der Waals surface area (Å²) in [5.74, 6) is 2.23.